The average molecular weight is 338 g/mol. The number of aromatic nitrogens is 3. The Labute approximate surface area is 143 Å². The fraction of sp³-hybridized carbons (Fsp3) is 0.176. The molecule has 6 nitrogen and oxygen atoms in total. The highest BCUT2D eigenvalue weighted by Gasteiger charge is 2.29. The Morgan fingerprint density at radius 3 is 2.71 bits per heavy atom. The lowest BCUT2D eigenvalue weighted by Gasteiger charge is -2.07. The van der Waals surface area contributed by atoms with Gasteiger partial charge in [0.1, 0.15) is 5.75 Å². The molecule has 120 valence electrons. The molecule has 0 N–H and O–H groups in total. The van der Waals surface area contributed by atoms with Gasteiger partial charge in [-0.05, 0) is 0 Å². The van der Waals surface area contributed by atoms with E-state index in [0.29, 0.717) is 22.3 Å². The molecule has 2 heterocycles. The van der Waals surface area contributed by atoms with Crippen LogP contribution in [0.25, 0.3) is 11.4 Å². The summed E-state index contributed by atoms with van der Waals surface area (Å²) in [5.41, 5.74) is 0.876. The number of ether oxygens (including phenoxy) is 1. The lowest BCUT2D eigenvalue weighted by atomic mass is 10.0. The van der Waals surface area contributed by atoms with E-state index in [1.54, 1.807) is 23.1 Å². The first kappa shape index (κ1) is 15.9. The molecule has 0 radical (unpaired) electrons. The molecule has 1 aromatic carbocycles. The van der Waals surface area contributed by atoms with Crippen molar-refractivity contribution < 1.29 is 9.53 Å². The fourth-order valence-electron chi connectivity index (χ4n) is 2.36. The molecule has 24 heavy (non-hydrogen) atoms. The number of hydrogen-bond acceptors (Lipinski definition) is 6. The number of nitriles is 1. The minimum absolute atomic E-state index is 0.305. The third kappa shape index (κ3) is 2.79. The highest BCUT2D eigenvalue weighted by Crippen LogP contribution is 2.28. The first-order valence-corrected chi connectivity index (χ1v) is 8.04. The minimum atomic E-state index is -1.01. The first-order chi connectivity index (χ1) is 11.7. The third-order valence-corrected chi connectivity index (χ3v) is 4.57. The molecule has 0 bridgehead atoms. The van der Waals surface area contributed by atoms with Crippen molar-refractivity contribution in [1.29, 1.82) is 5.26 Å². The Morgan fingerprint density at radius 1 is 1.33 bits per heavy atom. The van der Waals surface area contributed by atoms with E-state index in [9.17, 15) is 10.1 Å². The number of benzene rings is 1. The van der Waals surface area contributed by atoms with Gasteiger partial charge in [-0.2, -0.15) is 5.26 Å². The van der Waals surface area contributed by atoms with Gasteiger partial charge in [0, 0.05) is 24.1 Å². The number of thiophene rings is 1. The summed E-state index contributed by atoms with van der Waals surface area (Å²) < 4.78 is 6.78. The maximum atomic E-state index is 12.7. The second kappa shape index (κ2) is 6.64. The molecule has 7 heteroatoms. The van der Waals surface area contributed by atoms with E-state index in [0.717, 1.165) is 5.56 Å². The van der Waals surface area contributed by atoms with Crippen molar-refractivity contribution in [3.8, 4) is 23.2 Å². The maximum absolute atomic E-state index is 12.7. The van der Waals surface area contributed by atoms with Crippen molar-refractivity contribution >= 4 is 17.1 Å². The Kier molecular flexibility index (Phi) is 4.40. The predicted octanol–water partition coefficient (Wildman–Crippen LogP) is 3.04. The summed E-state index contributed by atoms with van der Waals surface area (Å²) >= 11 is 1.25. The van der Waals surface area contributed by atoms with E-state index in [1.807, 2.05) is 36.4 Å². The van der Waals surface area contributed by atoms with Gasteiger partial charge in [0.25, 0.3) is 0 Å². The largest absolute Gasteiger partial charge is 0.496 e. The standard InChI is InChI=1S/C17H14N4O2S/c1-21-16(11-6-4-3-5-7-11)19-20-17(21)13(9-18)15(22)14-8-12(23-2)10-24-14/h3-8,10,13H,1-2H3. The normalized spacial score (nSPS) is 11.7. The molecule has 0 fully saturated rings. The van der Waals surface area contributed by atoms with Crippen LogP contribution >= 0.6 is 11.3 Å². The fourth-order valence-corrected chi connectivity index (χ4v) is 3.19. The Morgan fingerprint density at radius 2 is 2.08 bits per heavy atom. The van der Waals surface area contributed by atoms with Crippen molar-refractivity contribution in [3.05, 3.63) is 52.5 Å². The van der Waals surface area contributed by atoms with Crippen LogP contribution in [0.15, 0.2) is 41.8 Å². The summed E-state index contributed by atoms with van der Waals surface area (Å²) in [4.78, 5) is 13.1. The van der Waals surface area contributed by atoms with Gasteiger partial charge in [-0.3, -0.25) is 4.79 Å². The zero-order chi connectivity index (χ0) is 17.1. The van der Waals surface area contributed by atoms with Crippen LogP contribution in [0, 0.1) is 11.3 Å². The highest BCUT2D eigenvalue weighted by molar-refractivity contribution is 7.12. The van der Waals surface area contributed by atoms with Crippen molar-refractivity contribution in [1.82, 2.24) is 14.8 Å². The zero-order valence-corrected chi connectivity index (χ0v) is 13.9. The Bertz CT molecular complexity index is 908. The number of methoxy groups -OCH3 is 1. The lowest BCUT2D eigenvalue weighted by Crippen LogP contribution is -2.15. The van der Waals surface area contributed by atoms with Crippen LogP contribution in [0.3, 0.4) is 0 Å². The van der Waals surface area contributed by atoms with Crippen molar-refractivity contribution in [2.75, 3.05) is 7.11 Å². The second-order valence-electron chi connectivity index (χ2n) is 5.08. The number of ketones is 1. The van der Waals surface area contributed by atoms with Crippen molar-refractivity contribution in [3.63, 3.8) is 0 Å². The molecule has 0 aliphatic carbocycles. The smallest absolute Gasteiger partial charge is 0.197 e. The molecule has 0 spiro atoms. The van der Waals surface area contributed by atoms with Crippen LogP contribution in [0.1, 0.15) is 21.4 Å². The number of carbonyl (C=O) groups excluding carboxylic acids is 1. The van der Waals surface area contributed by atoms with E-state index < -0.39 is 5.92 Å². The van der Waals surface area contributed by atoms with Gasteiger partial charge in [0.2, 0.25) is 0 Å². The summed E-state index contributed by atoms with van der Waals surface area (Å²) in [5.74, 6) is 0.225. The van der Waals surface area contributed by atoms with Crippen molar-refractivity contribution in [2.45, 2.75) is 5.92 Å². The summed E-state index contributed by atoms with van der Waals surface area (Å²) in [6.07, 6.45) is 0. The number of carbonyl (C=O) groups is 1. The van der Waals surface area contributed by atoms with E-state index in [2.05, 4.69) is 10.2 Å². The molecular weight excluding hydrogens is 324 g/mol. The van der Waals surface area contributed by atoms with E-state index in [4.69, 9.17) is 4.74 Å². The lowest BCUT2D eigenvalue weighted by molar-refractivity contribution is 0.0978. The van der Waals surface area contributed by atoms with Crippen molar-refractivity contribution in [2.24, 2.45) is 7.05 Å². The number of nitrogens with zero attached hydrogens (tertiary/aromatic N) is 4. The van der Waals surface area contributed by atoms with Crippen LogP contribution in [0.4, 0.5) is 0 Å². The molecule has 0 aliphatic rings. The predicted molar refractivity (Wildman–Crippen MR) is 90.0 cm³/mol. The SMILES string of the molecule is COc1csc(C(=O)C(C#N)c2nnc(-c3ccccc3)n2C)c1. The molecule has 3 rings (SSSR count). The topological polar surface area (TPSA) is 80.8 Å². The van der Waals surface area contributed by atoms with E-state index in [-0.39, 0.29) is 5.78 Å². The third-order valence-electron chi connectivity index (χ3n) is 3.64. The van der Waals surface area contributed by atoms with Gasteiger partial charge < -0.3 is 9.30 Å². The zero-order valence-electron chi connectivity index (χ0n) is 13.1. The molecule has 0 saturated heterocycles. The van der Waals surface area contributed by atoms with Crippen LogP contribution in [0.5, 0.6) is 5.75 Å². The summed E-state index contributed by atoms with van der Waals surface area (Å²) in [7, 11) is 3.29. The average Bonchev–Trinajstić information content (AvgIpc) is 3.24. The highest BCUT2D eigenvalue weighted by atomic mass is 32.1. The van der Waals surface area contributed by atoms with Gasteiger partial charge in [0.15, 0.2) is 23.3 Å². The molecule has 0 amide bonds. The van der Waals surface area contributed by atoms with E-state index in [1.165, 1.54) is 18.4 Å². The van der Waals surface area contributed by atoms with Crippen LogP contribution in [-0.2, 0) is 7.05 Å². The number of rotatable bonds is 5. The Hall–Kier alpha value is -2.98. The van der Waals surface area contributed by atoms with Gasteiger partial charge in [0.05, 0.1) is 18.1 Å². The number of Topliss-reactive ketones (excluding diaryl/α,β-unsaturated/α-hetero) is 1. The molecule has 0 aliphatic heterocycles. The van der Waals surface area contributed by atoms with Gasteiger partial charge in [-0.25, -0.2) is 0 Å². The van der Waals surface area contributed by atoms with Gasteiger partial charge >= 0.3 is 0 Å². The van der Waals surface area contributed by atoms with E-state index >= 15 is 0 Å². The maximum Gasteiger partial charge on any atom is 0.197 e. The van der Waals surface area contributed by atoms with Crippen LogP contribution in [0.2, 0.25) is 0 Å². The number of hydrogen-bond donors (Lipinski definition) is 0. The van der Waals surface area contributed by atoms with Gasteiger partial charge in [-0.15, -0.1) is 21.5 Å². The summed E-state index contributed by atoms with van der Waals surface area (Å²) in [5, 5.41) is 19.5. The van der Waals surface area contributed by atoms with Crippen LogP contribution < -0.4 is 4.74 Å². The summed E-state index contributed by atoms with van der Waals surface area (Å²) in [6.45, 7) is 0. The first-order valence-electron chi connectivity index (χ1n) is 7.16. The quantitative estimate of drug-likeness (QED) is 0.668. The molecule has 1 atom stereocenters. The molecular formula is C17H14N4O2S. The minimum Gasteiger partial charge on any atom is -0.496 e. The van der Waals surface area contributed by atoms with Gasteiger partial charge in [-0.1, -0.05) is 30.3 Å². The molecule has 3 aromatic rings. The summed E-state index contributed by atoms with van der Waals surface area (Å²) in [6, 6.07) is 13.2. The second-order valence-corrected chi connectivity index (χ2v) is 6.00. The van der Waals surface area contributed by atoms with Crippen LogP contribution in [-0.4, -0.2) is 27.7 Å². The molecule has 2 aromatic heterocycles. The monoisotopic (exact) mass is 338 g/mol. The Balaban J connectivity index is 1.96. The molecule has 0 saturated carbocycles. The molecule has 1 unspecified atom stereocenters.